The minimum atomic E-state index is 0.110. The molecule has 1 aromatic rings. The normalized spacial score (nSPS) is 11.6. The molecule has 0 heterocycles. The van der Waals surface area contributed by atoms with E-state index < -0.39 is 0 Å². The topological polar surface area (TPSA) is 41.5 Å². The van der Waals surface area contributed by atoms with Crippen LogP contribution in [-0.4, -0.2) is 31.4 Å². The predicted molar refractivity (Wildman–Crippen MR) is 79.8 cm³/mol. The number of ether oxygens (including phenoxy) is 1. The molecule has 0 radical (unpaired) electrons. The van der Waals surface area contributed by atoms with Crippen molar-refractivity contribution in [1.82, 2.24) is 5.32 Å². The molecule has 0 fully saturated rings. The maximum atomic E-state index is 8.64. The van der Waals surface area contributed by atoms with E-state index in [1.165, 1.54) is 5.56 Å². The number of unbranched alkanes of at least 4 members (excludes halogenated alkanes) is 1. The number of hydrogen-bond acceptors (Lipinski definition) is 3. The van der Waals surface area contributed by atoms with Crippen LogP contribution in [0.25, 0.3) is 0 Å². The third-order valence-corrected chi connectivity index (χ3v) is 2.99. The largest absolute Gasteiger partial charge is 0.493 e. The summed E-state index contributed by atoms with van der Waals surface area (Å²) < 4.78 is 5.89. The van der Waals surface area contributed by atoms with E-state index in [4.69, 9.17) is 9.84 Å². The fourth-order valence-corrected chi connectivity index (χ4v) is 1.95. The molecule has 108 valence electrons. The number of aliphatic hydroxyl groups is 1. The van der Waals surface area contributed by atoms with Gasteiger partial charge in [-0.1, -0.05) is 39.0 Å². The molecule has 0 spiro atoms. The number of para-hydroxylation sites is 1. The second-order valence-corrected chi connectivity index (χ2v) is 5.78. The second-order valence-electron chi connectivity index (χ2n) is 5.78. The van der Waals surface area contributed by atoms with Crippen molar-refractivity contribution in [2.45, 2.75) is 39.0 Å². The van der Waals surface area contributed by atoms with Gasteiger partial charge in [0.25, 0.3) is 0 Å². The van der Waals surface area contributed by atoms with Gasteiger partial charge < -0.3 is 15.2 Å². The van der Waals surface area contributed by atoms with Gasteiger partial charge in [0.15, 0.2) is 0 Å². The van der Waals surface area contributed by atoms with E-state index in [9.17, 15) is 0 Å². The molecule has 0 amide bonds. The van der Waals surface area contributed by atoms with Gasteiger partial charge >= 0.3 is 0 Å². The van der Waals surface area contributed by atoms with Crippen LogP contribution in [0, 0.1) is 0 Å². The molecule has 1 aromatic carbocycles. The average molecular weight is 265 g/mol. The molecule has 1 rings (SSSR count). The van der Waals surface area contributed by atoms with Crippen molar-refractivity contribution in [2.75, 3.05) is 26.3 Å². The molecule has 0 bridgehead atoms. The first-order valence-corrected chi connectivity index (χ1v) is 7.09. The van der Waals surface area contributed by atoms with E-state index in [2.05, 4.69) is 38.2 Å². The Hall–Kier alpha value is -1.06. The van der Waals surface area contributed by atoms with E-state index >= 15 is 0 Å². The summed E-state index contributed by atoms with van der Waals surface area (Å²) in [6.07, 6.45) is 2.09. The molecule has 3 nitrogen and oxygen atoms in total. The number of hydrogen-bond donors (Lipinski definition) is 2. The summed E-state index contributed by atoms with van der Waals surface area (Å²) in [7, 11) is 0. The number of aliphatic hydroxyl groups excluding tert-OH is 1. The van der Waals surface area contributed by atoms with Gasteiger partial charge in [-0.25, -0.2) is 0 Å². The van der Waals surface area contributed by atoms with Crippen molar-refractivity contribution in [3.05, 3.63) is 29.8 Å². The lowest BCUT2D eigenvalue weighted by Gasteiger charge is -2.22. The summed E-state index contributed by atoms with van der Waals surface area (Å²) in [6.45, 7) is 9.16. The van der Waals surface area contributed by atoms with Crippen LogP contribution in [0.4, 0.5) is 0 Å². The lowest BCUT2D eigenvalue weighted by molar-refractivity contribution is 0.284. The summed E-state index contributed by atoms with van der Waals surface area (Å²) in [4.78, 5) is 0. The van der Waals surface area contributed by atoms with E-state index in [1.807, 2.05) is 12.1 Å². The van der Waals surface area contributed by atoms with Crippen LogP contribution >= 0.6 is 0 Å². The van der Waals surface area contributed by atoms with Crippen molar-refractivity contribution in [3.8, 4) is 5.75 Å². The fraction of sp³-hybridized carbons (Fsp3) is 0.625. The van der Waals surface area contributed by atoms with Crippen LogP contribution in [0.5, 0.6) is 5.75 Å². The Bertz CT molecular complexity index is 358. The fourth-order valence-electron chi connectivity index (χ4n) is 1.95. The Morgan fingerprint density at radius 1 is 1.11 bits per heavy atom. The maximum absolute atomic E-state index is 8.64. The SMILES string of the molecule is CC(C)(C)c1ccccc1OCCCCNCCO. The predicted octanol–water partition coefficient (Wildman–Crippen LogP) is 2.73. The van der Waals surface area contributed by atoms with E-state index in [0.29, 0.717) is 6.54 Å². The highest BCUT2D eigenvalue weighted by molar-refractivity contribution is 5.38. The summed E-state index contributed by atoms with van der Waals surface area (Å²) in [6, 6.07) is 8.27. The van der Waals surface area contributed by atoms with Crippen molar-refractivity contribution < 1.29 is 9.84 Å². The smallest absolute Gasteiger partial charge is 0.123 e. The lowest BCUT2D eigenvalue weighted by Crippen LogP contribution is -2.19. The molecule has 2 N–H and O–H groups in total. The highest BCUT2D eigenvalue weighted by Gasteiger charge is 2.17. The van der Waals surface area contributed by atoms with Gasteiger partial charge in [0.05, 0.1) is 13.2 Å². The molecule has 0 atom stereocenters. The van der Waals surface area contributed by atoms with Gasteiger partial charge in [-0.3, -0.25) is 0 Å². The first-order chi connectivity index (χ1) is 9.05. The van der Waals surface area contributed by atoms with Gasteiger partial charge in [-0.2, -0.15) is 0 Å². The van der Waals surface area contributed by atoms with Gasteiger partial charge in [0.1, 0.15) is 5.75 Å². The van der Waals surface area contributed by atoms with Crippen LogP contribution < -0.4 is 10.1 Å². The molecule has 0 aliphatic heterocycles. The van der Waals surface area contributed by atoms with Gasteiger partial charge in [-0.15, -0.1) is 0 Å². The molecule has 3 heteroatoms. The van der Waals surface area contributed by atoms with E-state index in [0.717, 1.165) is 31.7 Å². The Kier molecular flexibility index (Phi) is 6.89. The van der Waals surface area contributed by atoms with Crippen molar-refractivity contribution >= 4 is 0 Å². The molecule has 0 saturated heterocycles. The number of benzene rings is 1. The third-order valence-electron chi connectivity index (χ3n) is 2.99. The van der Waals surface area contributed by atoms with Crippen LogP contribution in [0.2, 0.25) is 0 Å². The molecule has 0 unspecified atom stereocenters. The summed E-state index contributed by atoms with van der Waals surface area (Å²) in [5, 5.41) is 11.8. The monoisotopic (exact) mass is 265 g/mol. The summed E-state index contributed by atoms with van der Waals surface area (Å²) >= 11 is 0. The molecular formula is C16H27NO2. The number of nitrogens with one attached hydrogen (secondary N) is 1. The highest BCUT2D eigenvalue weighted by Crippen LogP contribution is 2.30. The average Bonchev–Trinajstić information content (AvgIpc) is 2.37. The molecule has 0 aromatic heterocycles. The van der Waals surface area contributed by atoms with Crippen molar-refractivity contribution in [2.24, 2.45) is 0 Å². The van der Waals surface area contributed by atoms with E-state index in [-0.39, 0.29) is 12.0 Å². The number of rotatable bonds is 8. The molecule has 0 aliphatic carbocycles. The summed E-state index contributed by atoms with van der Waals surface area (Å²) in [5.41, 5.74) is 1.37. The van der Waals surface area contributed by atoms with Gasteiger partial charge in [-0.05, 0) is 36.4 Å². The van der Waals surface area contributed by atoms with Crippen molar-refractivity contribution in [3.63, 3.8) is 0 Å². The molecule has 19 heavy (non-hydrogen) atoms. The van der Waals surface area contributed by atoms with Gasteiger partial charge in [0.2, 0.25) is 0 Å². The third kappa shape index (κ3) is 6.08. The van der Waals surface area contributed by atoms with Crippen LogP contribution in [0.1, 0.15) is 39.2 Å². The summed E-state index contributed by atoms with van der Waals surface area (Å²) in [5.74, 6) is 0.998. The minimum absolute atomic E-state index is 0.110. The first kappa shape index (κ1) is 16.0. The van der Waals surface area contributed by atoms with E-state index in [1.54, 1.807) is 0 Å². The van der Waals surface area contributed by atoms with Crippen LogP contribution in [0.15, 0.2) is 24.3 Å². The molecule has 0 aliphatic rings. The second kappa shape index (κ2) is 8.18. The zero-order chi connectivity index (χ0) is 14.1. The Balaban J connectivity index is 2.33. The Morgan fingerprint density at radius 2 is 1.84 bits per heavy atom. The Labute approximate surface area is 117 Å². The molecular weight excluding hydrogens is 238 g/mol. The zero-order valence-corrected chi connectivity index (χ0v) is 12.4. The molecule has 0 saturated carbocycles. The lowest BCUT2D eigenvalue weighted by atomic mass is 9.86. The highest BCUT2D eigenvalue weighted by atomic mass is 16.5. The standard InChI is InChI=1S/C16H27NO2/c1-16(2,3)14-8-4-5-9-15(14)19-13-7-6-10-17-11-12-18/h4-5,8-9,17-18H,6-7,10-13H2,1-3H3. The van der Waals surface area contributed by atoms with Crippen LogP contribution in [-0.2, 0) is 5.41 Å². The quantitative estimate of drug-likeness (QED) is 0.710. The van der Waals surface area contributed by atoms with Crippen molar-refractivity contribution in [1.29, 1.82) is 0 Å². The van der Waals surface area contributed by atoms with Gasteiger partial charge in [0, 0.05) is 6.54 Å². The first-order valence-electron chi connectivity index (χ1n) is 7.09. The van der Waals surface area contributed by atoms with Crippen LogP contribution in [0.3, 0.4) is 0 Å². The zero-order valence-electron chi connectivity index (χ0n) is 12.4. The Morgan fingerprint density at radius 3 is 2.53 bits per heavy atom. The maximum Gasteiger partial charge on any atom is 0.123 e. The minimum Gasteiger partial charge on any atom is -0.493 e.